The summed E-state index contributed by atoms with van der Waals surface area (Å²) < 4.78 is 0. The topological polar surface area (TPSA) is 44.4 Å². The molecule has 1 atom stereocenters. The molecule has 0 radical (unpaired) electrons. The lowest BCUT2D eigenvalue weighted by Crippen LogP contribution is -2.50. The average molecular weight is 139 g/mol. The summed E-state index contributed by atoms with van der Waals surface area (Å²) in [4.78, 5) is 12.8. The summed E-state index contributed by atoms with van der Waals surface area (Å²) in [6.07, 6.45) is 3.41. The third-order valence-corrected chi connectivity index (χ3v) is 1.74. The number of rotatable bonds is 0. The van der Waals surface area contributed by atoms with Crippen molar-refractivity contribution < 1.29 is 4.79 Å². The number of hydrogen-bond acceptors (Lipinski definition) is 3. The van der Waals surface area contributed by atoms with E-state index in [0.29, 0.717) is 0 Å². The highest BCUT2D eigenvalue weighted by atomic mass is 16.2. The first-order chi connectivity index (χ1) is 4.86. The Morgan fingerprint density at radius 3 is 3.50 bits per heavy atom. The van der Waals surface area contributed by atoms with Crippen LogP contribution in [0.3, 0.4) is 0 Å². The van der Waals surface area contributed by atoms with Gasteiger partial charge in [-0.2, -0.15) is 0 Å². The number of amides is 1. The van der Waals surface area contributed by atoms with Crippen LogP contribution in [0.15, 0.2) is 12.3 Å². The Kier molecular flexibility index (Phi) is 1.14. The average Bonchev–Trinajstić information content (AvgIpc) is 2.33. The van der Waals surface area contributed by atoms with Crippen LogP contribution in [0.2, 0.25) is 0 Å². The van der Waals surface area contributed by atoms with Gasteiger partial charge >= 0.3 is 0 Å². The number of carbonyl (C=O) groups excluding carboxylic acids is 1. The molecule has 54 valence electrons. The van der Waals surface area contributed by atoms with E-state index in [1.54, 1.807) is 6.08 Å². The molecule has 2 rings (SSSR count). The minimum Gasteiger partial charge on any atom is -0.344 e. The third kappa shape index (κ3) is 0.769. The van der Waals surface area contributed by atoms with Crippen molar-refractivity contribution in [3.63, 3.8) is 0 Å². The predicted molar refractivity (Wildman–Crippen MR) is 35.8 cm³/mol. The molecule has 0 aromatic heterocycles. The quantitative estimate of drug-likeness (QED) is 0.444. The zero-order chi connectivity index (χ0) is 6.97. The summed E-state index contributed by atoms with van der Waals surface area (Å²) in [6, 6.07) is 0. The van der Waals surface area contributed by atoms with Crippen LogP contribution < -0.4 is 10.6 Å². The maximum Gasteiger partial charge on any atom is 0.248 e. The molecule has 1 fully saturated rings. The molecule has 0 bridgehead atoms. The predicted octanol–water partition coefficient (Wildman–Crippen LogP) is -1.18. The van der Waals surface area contributed by atoms with Gasteiger partial charge in [0, 0.05) is 25.4 Å². The van der Waals surface area contributed by atoms with Gasteiger partial charge in [-0.3, -0.25) is 10.1 Å². The SMILES string of the molecule is O=C1C=CN2CCNC2N1. The van der Waals surface area contributed by atoms with E-state index in [-0.39, 0.29) is 12.2 Å². The number of fused-ring (bicyclic) bond motifs is 1. The molecule has 4 heteroatoms. The molecule has 2 heterocycles. The number of nitrogens with zero attached hydrogens (tertiary/aromatic N) is 1. The molecule has 2 N–H and O–H groups in total. The smallest absolute Gasteiger partial charge is 0.248 e. The van der Waals surface area contributed by atoms with E-state index in [4.69, 9.17) is 0 Å². The van der Waals surface area contributed by atoms with Gasteiger partial charge in [0.05, 0.1) is 0 Å². The lowest BCUT2D eigenvalue weighted by molar-refractivity contribution is -0.118. The van der Waals surface area contributed by atoms with Crippen LogP contribution in [0.1, 0.15) is 0 Å². The van der Waals surface area contributed by atoms with E-state index >= 15 is 0 Å². The molecular formula is C6H9N3O. The zero-order valence-electron chi connectivity index (χ0n) is 5.50. The fourth-order valence-corrected chi connectivity index (χ4v) is 1.22. The molecule has 1 saturated heterocycles. The van der Waals surface area contributed by atoms with Crippen LogP contribution in [-0.2, 0) is 4.79 Å². The van der Waals surface area contributed by atoms with Gasteiger partial charge in [0.2, 0.25) is 5.91 Å². The van der Waals surface area contributed by atoms with E-state index in [1.807, 2.05) is 6.20 Å². The second kappa shape index (κ2) is 1.98. The number of carbonyl (C=O) groups is 1. The zero-order valence-corrected chi connectivity index (χ0v) is 5.50. The molecule has 0 aliphatic carbocycles. The van der Waals surface area contributed by atoms with Gasteiger partial charge in [-0.1, -0.05) is 0 Å². The Balaban J connectivity index is 2.16. The molecular weight excluding hydrogens is 130 g/mol. The Bertz CT molecular complexity index is 189. The monoisotopic (exact) mass is 139 g/mol. The van der Waals surface area contributed by atoms with Crippen molar-refractivity contribution in [1.82, 2.24) is 15.5 Å². The van der Waals surface area contributed by atoms with Crippen LogP contribution in [-0.4, -0.2) is 30.2 Å². The van der Waals surface area contributed by atoms with Crippen LogP contribution in [0.4, 0.5) is 0 Å². The second-order valence-electron chi connectivity index (χ2n) is 2.42. The molecule has 10 heavy (non-hydrogen) atoms. The molecule has 0 spiro atoms. The minimum atomic E-state index is -0.0179. The largest absolute Gasteiger partial charge is 0.344 e. The van der Waals surface area contributed by atoms with Crippen LogP contribution in [0, 0.1) is 0 Å². The second-order valence-corrected chi connectivity index (χ2v) is 2.42. The van der Waals surface area contributed by atoms with E-state index in [1.165, 1.54) is 0 Å². The maximum atomic E-state index is 10.7. The Hall–Kier alpha value is -1.03. The van der Waals surface area contributed by atoms with E-state index in [0.717, 1.165) is 13.1 Å². The highest BCUT2D eigenvalue weighted by Crippen LogP contribution is 2.04. The van der Waals surface area contributed by atoms with Gasteiger partial charge in [-0.05, 0) is 0 Å². The van der Waals surface area contributed by atoms with E-state index < -0.39 is 0 Å². The summed E-state index contributed by atoms with van der Waals surface area (Å²) in [5, 5.41) is 5.90. The summed E-state index contributed by atoms with van der Waals surface area (Å²) in [7, 11) is 0. The summed E-state index contributed by atoms with van der Waals surface area (Å²) in [5.41, 5.74) is 0. The van der Waals surface area contributed by atoms with Crippen LogP contribution in [0.25, 0.3) is 0 Å². The van der Waals surface area contributed by atoms with Crippen molar-refractivity contribution in [2.45, 2.75) is 6.29 Å². The van der Waals surface area contributed by atoms with Crippen molar-refractivity contribution in [2.75, 3.05) is 13.1 Å². The van der Waals surface area contributed by atoms with E-state index in [2.05, 4.69) is 15.5 Å². The summed E-state index contributed by atoms with van der Waals surface area (Å²) in [5.74, 6) is -0.0179. The van der Waals surface area contributed by atoms with Gasteiger partial charge in [-0.15, -0.1) is 0 Å². The molecule has 2 aliphatic heterocycles. The van der Waals surface area contributed by atoms with Crippen LogP contribution in [0.5, 0.6) is 0 Å². The molecule has 1 unspecified atom stereocenters. The van der Waals surface area contributed by atoms with Crippen molar-refractivity contribution in [1.29, 1.82) is 0 Å². The summed E-state index contributed by atoms with van der Waals surface area (Å²) in [6.45, 7) is 1.91. The number of nitrogens with one attached hydrogen (secondary N) is 2. The molecule has 2 aliphatic rings. The van der Waals surface area contributed by atoms with Gasteiger partial charge in [-0.25, -0.2) is 0 Å². The van der Waals surface area contributed by atoms with Gasteiger partial charge in [0.15, 0.2) is 6.29 Å². The molecule has 0 saturated carbocycles. The van der Waals surface area contributed by atoms with Crippen LogP contribution >= 0.6 is 0 Å². The Morgan fingerprint density at radius 2 is 2.60 bits per heavy atom. The normalized spacial score (nSPS) is 30.2. The number of hydrogen-bond donors (Lipinski definition) is 2. The van der Waals surface area contributed by atoms with E-state index in [9.17, 15) is 4.79 Å². The lowest BCUT2D eigenvalue weighted by atomic mass is 10.4. The van der Waals surface area contributed by atoms with Gasteiger partial charge in [0.25, 0.3) is 0 Å². The molecule has 4 nitrogen and oxygen atoms in total. The van der Waals surface area contributed by atoms with Crippen molar-refractivity contribution in [2.24, 2.45) is 0 Å². The fourth-order valence-electron chi connectivity index (χ4n) is 1.22. The highest BCUT2D eigenvalue weighted by Gasteiger charge is 2.24. The summed E-state index contributed by atoms with van der Waals surface area (Å²) >= 11 is 0. The minimum absolute atomic E-state index is 0.0179. The first-order valence-corrected chi connectivity index (χ1v) is 3.34. The maximum absolute atomic E-state index is 10.7. The molecule has 0 aromatic rings. The Morgan fingerprint density at radius 1 is 1.70 bits per heavy atom. The molecule has 1 amide bonds. The first-order valence-electron chi connectivity index (χ1n) is 3.34. The van der Waals surface area contributed by atoms with Crippen molar-refractivity contribution in [3.05, 3.63) is 12.3 Å². The van der Waals surface area contributed by atoms with Crippen molar-refractivity contribution in [3.8, 4) is 0 Å². The molecule has 0 aromatic carbocycles. The Labute approximate surface area is 58.9 Å². The first kappa shape index (κ1) is 5.73. The standard InChI is InChI=1S/C6H9N3O/c10-5-1-3-9-4-2-7-6(9)8-5/h1,3,6-7H,2,4H2,(H,8,10). The highest BCUT2D eigenvalue weighted by molar-refractivity contribution is 5.88. The van der Waals surface area contributed by atoms with Gasteiger partial charge in [0.1, 0.15) is 0 Å². The fraction of sp³-hybridized carbons (Fsp3) is 0.500. The van der Waals surface area contributed by atoms with Gasteiger partial charge < -0.3 is 10.2 Å². The third-order valence-electron chi connectivity index (χ3n) is 1.74. The lowest BCUT2D eigenvalue weighted by Gasteiger charge is -2.25. The van der Waals surface area contributed by atoms with Crippen molar-refractivity contribution >= 4 is 5.91 Å².